The van der Waals surface area contributed by atoms with Crippen molar-refractivity contribution in [3.8, 4) is 22.5 Å². The highest BCUT2D eigenvalue weighted by molar-refractivity contribution is 6.30. The molecular weight excluding hydrogens is 457 g/mol. The maximum Gasteiger partial charge on any atom is 0.238 e. The van der Waals surface area contributed by atoms with E-state index in [-0.39, 0.29) is 11.9 Å². The molecule has 0 saturated carbocycles. The molecule has 3 aromatic heterocycles. The molecule has 1 saturated heterocycles. The van der Waals surface area contributed by atoms with Gasteiger partial charge in [-0.2, -0.15) is 5.10 Å². The van der Waals surface area contributed by atoms with Gasteiger partial charge in [0.25, 0.3) is 0 Å². The molecule has 1 fully saturated rings. The van der Waals surface area contributed by atoms with E-state index in [9.17, 15) is 9.18 Å². The first kappa shape index (κ1) is 22.2. The van der Waals surface area contributed by atoms with Crippen LogP contribution in [-0.2, 0) is 4.79 Å². The lowest BCUT2D eigenvalue weighted by molar-refractivity contribution is -0.125. The van der Waals surface area contributed by atoms with Crippen molar-refractivity contribution in [1.82, 2.24) is 30.4 Å². The summed E-state index contributed by atoms with van der Waals surface area (Å²) in [7, 11) is 3.60. The molecule has 10 heteroatoms. The van der Waals surface area contributed by atoms with E-state index in [1.807, 2.05) is 25.2 Å². The number of hydrogen-bond donors (Lipinski definition) is 2. The number of hydrogen-bond acceptors (Lipinski definition) is 6. The van der Waals surface area contributed by atoms with E-state index in [1.54, 1.807) is 25.5 Å². The molecule has 2 N–H and O–H groups in total. The van der Waals surface area contributed by atoms with Crippen LogP contribution >= 0.6 is 11.6 Å². The van der Waals surface area contributed by atoms with Crippen LogP contribution in [-0.4, -0.2) is 70.7 Å². The van der Waals surface area contributed by atoms with Crippen LogP contribution in [0.5, 0.6) is 0 Å². The maximum absolute atomic E-state index is 14.5. The molecule has 1 amide bonds. The number of piperazine rings is 1. The van der Waals surface area contributed by atoms with Crippen molar-refractivity contribution in [2.45, 2.75) is 6.04 Å². The molecular formula is C24H23ClFN7O. The summed E-state index contributed by atoms with van der Waals surface area (Å²) in [5.41, 5.74) is 4.46. The van der Waals surface area contributed by atoms with Gasteiger partial charge >= 0.3 is 0 Å². The normalized spacial score (nSPS) is 16.7. The standard InChI is InChI=1S/C24H23ClFN7O/c1-27-24(34)22-13-33(8-7-32(22)2)15-10-21-20(28-11-15)6-5-19(30-21)17-12-29-31-23(17)16-9-14(25)3-4-18(16)26/h3-6,9-12,22H,7-8,13H2,1-2H3,(H,27,34)(H,29,31)/t22-/m0/s1. The van der Waals surface area contributed by atoms with E-state index in [1.165, 1.54) is 12.1 Å². The fourth-order valence-electron chi connectivity index (χ4n) is 4.25. The van der Waals surface area contributed by atoms with E-state index < -0.39 is 5.82 Å². The van der Waals surface area contributed by atoms with Gasteiger partial charge in [-0.3, -0.25) is 19.8 Å². The topological polar surface area (TPSA) is 90.0 Å². The number of aromatic amines is 1. The number of nitrogens with zero attached hydrogens (tertiary/aromatic N) is 5. The van der Waals surface area contributed by atoms with E-state index >= 15 is 0 Å². The predicted octanol–water partition coefficient (Wildman–Crippen LogP) is 3.35. The van der Waals surface area contributed by atoms with Gasteiger partial charge in [0.15, 0.2) is 0 Å². The quantitative estimate of drug-likeness (QED) is 0.466. The Kier molecular flexibility index (Phi) is 5.89. The summed E-state index contributed by atoms with van der Waals surface area (Å²) >= 11 is 6.09. The summed E-state index contributed by atoms with van der Waals surface area (Å²) in [6, 6.07) is 9.84. The van der Waals surface area contributed by atoms with Crippen LogP contribution in [0.2, 0.25) is 5.02 Å². The summed E-state index contributed by atoms with van der Waals surface area (Å²) in [6.45, 7) is 2.09. The van der Waals surface area contributed by atoms with Crippen molar-refractivity contribution >= 4 is 34.2 Å². The Morgan fingerprint density at radius 2 is 2.00 bits per heavy atom. The molecule has 0 radical (unpaired) electrons. The number of anilines is 1. The minimum Gasteiger partial charge on any atom is -0.367 e. The minimum absolute atomic E-state index is 0.0119. The molecule has 4 aromatic rings. The van der Waals surface area contributed by atoms with E-state index in [4.69, 9.17) is 16.6 Å². The molecule has 8 nitrogen and oxygen atoms in total. The Labute approximate surface area is 200 Å². The summed E-state index contributed by atoms with van der Waals surface area (Å²) in [5.74, 6) is -0.414. The van der Waals surface area contributed by atoms with E-state index in [0.717, 1.165) is 24.3 Å². The Bertz CT molecular complexity index is 1370. The van der Waals surface area contributed by atoms with Crippen molar-refractivity contribution in [3.63, 3.8) is 0 Å². The number of likely N-dealkylation sites (N-methyl/N-ethyl adjacent to an activating group) is 2. The highest BCUT2D eigenvalue weighted by Crippen LogP contribution is 2.33. The number of carbonyl (C=O) groups excluding carboxylic acids is 1. The first-order valence-electron chi connectivity index (χ1n) is 10.9. The van der Waals surface area contributed by atoms with Crippen LogP contribution in [0.25, 0.3) is 33.5 Å². The van der Waals surface area contributed by atoms with Crippen LogP contribution in [0.3, 0.4) is 0 Å². The van der Waals surface area contributed by atoms with Crippen LogP contribution in [0, 0.1) is 5.82 Å². The molecule has 5 rings (SSSR count). The van der Waals surface area contributed by atoms with Crippen molar-refractivity contribution in [2.24, 2.45) is 0 Å². The molecule has 1 aliphatic rings. The molecule has 0 spiro atoms. The second kappa shape index (κ2) is 9.00. The Morgan fingerprint density at radius 3 is 2.82 bits per heavy atom. The van der Waals surface area contributed by atoms with Gasteiger partial charge in [-0.1, -0.05) is 11.6 Å². The number of H-pyrrole nitrogens is 1. The summed E-state index contributed by atoms with van der Waals surface area (Å²) in [4.78, 5) is 25.9. The average Bonchev–Trinajstić information content (AvgIpc) is 3.34. The highest BCUT2D eigenvalue weighted by Gasteiger charge is 2.29. The zero-order valence-corrected chi connectivity index (χ0v) is 19.5. The number of rotatable bonds is 4. The summed E-state index contributed by atoms with van der Waals surface area (Å²) in [5, 5.41) is 10.2. The van der Waals surface area contributed by atoms with Gasteiger partial charge in [-0.05, 0) is 43.4 Å². The number of amides is 1. The Hall–Kier alpha value is -3.56. The van der Waals surface area contributed by atoms with Gasteiger partial charge in [0.1, 0.15) is 11.9 Å². The fraction of sp³-hybridized carbons (Fsp3) is 0.250. The van der Waals surface area contributed by atoms with Gasteiger partial charge < -0.3 is 10.2 Å². The lowest BCUT2D eigenvalue weighted by Gasteiger charge is -2.39. The SMILES string of the molecule is CNC(=O)[C@@H]1CN(c2cnc3ccc(-c4cn[nH]c4-c4cc(Cl)ccc4F)nc3c2)CCN1C. The second-order valence-corrected chi connectivity index (χ2v) is 8.70. The lowest BCUT2D eigenvalue weighted by atomic mass is 10.0. The summed E-state index contributed by atoms with van der Waals surface area (Å²) < 4.78 is 14.5. The lowest BCUT2D eigenvalue weighted by Crippen LogP contribution is -2.57. The molecule has 4 heterocycles. The zero-order valence-electron chi connectivity index (χ0n) is 18.7. The number of carbonyl (C=O) groups is 1. The van der Waals surface area contributed by atoms with Crippen molar-refractivity contribution in [1.29, 1.82) is 0 Å². The number of fused-ring (bicyclic) bond motifs is 1. The molecule has 0 aliphatic carbocycles. The van der Waals surface area contributed by atoms with Crippen molar-refractivity contribution in [2.75, 3.05) is 38.6 Å². The van der Waals surface area contributed by atoms with Gasteiger partial charge in [0.2, 0.25) is 5.91 Å². The molecule has 0 bridgehead atoms. The molecule has 1 aromatic carbocycles. The van der Waals surface area contributed by atoms with Gasteiger partial charge in [0.05, 0.1) is 40.5 Å². The molecule has 34 heavy (non-hydrogen) atoms. The van der Waals surface area contributed by atoms with E-state index in [0.29, 0.717) is 39.6 Å². The molecule has 174 valence electrons. The van der Waals surface area contributed by atoms with Gasteiger partial charge in [-0.25, -0.2) is 9.37 Å². The second-order valence-electron chi connectivity index (χ2n) is 8.27. The van der Waals surface area contributed by atoms with Crippen molar-refractivity contribution < 1.29 is 9.18 Å². The average molecular weight is 480 g/mol. The number of halogens is 2. The third-order valence-corrected chi connectivity index (χ3v) is 6.43. The number of nitrogens with one attached hydrogen (secondary N) is 2. The monoisotopic (exact) mass is 479 g/mol. The van der Waals surface area contributed by atoms with E-state index in [2.05, 4.69) is 30.3 Å². The van der Waals surface area contributed by atoms with Crippen LogP contribution in [0.4, 0.5) is 10.1 Å². The predicted molar refractivity (Wildman–Crippen MR) is 130 cm³/mol. The number of benzene rings is 1. The van der Waals surface area contributed by atoms with Gasteiger partial charge in [-0.15, -0.1) is 0 Å². The first-order valence-corrected chi connectivity index (χ1v) is 11.2. The largest absolute Gasteiger partial charge is 0.367 e. The number of aromatic nitrogens is 4. The number of pyridine rings is 2. The van der Waals surface area contributed by atoms with Crippen LogP contribution in [0.15, 0.2) is 48.8 Å². The third-order valence-electron chi connectivity index (χ3n) is 6.20. The van der Waals surface area contributed by atoms with Gasteiger partial charge in [0, 0.05) is 42.8 Å². The van der Waals surface area contributed by atoms with Crippen LogP contribution < -0.4 is 10.2 Å². The zero-order chi connectivity index (χ0) is 23.8. The minimum atomic E-state index is -0.402. The molecule has 1 aliphatic heterocycles. The van der Waals surface area contributed by atoms with Crippen LogP contribution in [0.1, 0.15) is 0 Å². The first-order chi connectivity index (χ1) is 16.4. The Balaban J connectivity index is 1.50. The maximum atomic E-state index is 14.5. The smallest absolute Gasteiger partial charge is 0.238 e. The molecule has 0 unspecified atom stereocenters. The Morgan fingerprint density at radius 1 is 1.15 bits per heavy atom. The highest BCUT2D eigenvalue weighted by atomic mass is 35.5. The fourth-order valence-corrected chi connectivity index (χ4v) is 4.42. The summed E-state index contributed by atoms with van der Waals surface area (Å²) in [6.07, 6.45) is 3.43. The molecule has 1 atom stereocenters. The van der Waals surface area contributed by atoms with Crippen molar-refractivity contribution in [3.05, 3.63) is 59.6 Å². The third kappa shape index (κ3) is 4.08.